The van der Waals surface area contributed by atoms with Crippen LogP contribution in [0.1, 0.15) is 5.56 Å². The Kier molecular flexibility index (Phi) is 1.76. The summed E-state index contributed by atoms with van der Waals surface area (Å²) in [6.45, 7) is 2.04. The van der Waals surface area contributed by atoms with Crippen molar-refractivity contribution in [2.24, 2.45) is 7.05 Å². The minimum atomic E-state index is 0.519. The van der Waals surface area contributed by atoms with E-state index < -0.39 is 0 Å². The topological polar surface area (TPSA) is 72.3 Å². The average molecular weight is 214 g/mol. The van der Waals surface area contributed by atoms with Crippen molar-refractivity contribution in [3.05, 3.63) is 23.9 Å². The van der Waals surface area contributed by atoms with E-state index in [1.54, 1.807) is 0 Å². The van der Waals surface area contributed by atoms with E-state index in [0.29, 0.717) is 5.82 Å². The third-order valence-corrected chi connectivity index (χ3v) is 2.59. The number of pyridine rings is 1. The van der Waals surface area contributed by atoms with Gasteiger partial charge in [0.05, 0.1) is 11.0 Å². The maximum atomic E-state index is 4.53. The van der Waals surface area contributed by atoms with Crippen LogP contribution in [0.3, 0.4) is 0 Å². The number of H-pyrrole nitrogens is 1. The molecule has 0 unspecified atom stereocenters. The summed E-state index contributed by atoms with van der Waals surface area (Å²) in [5, 5.41) is 13.8. The zero-order valence-corrected chi connectivity index (χ0v) is 8.97. The van der Waals surface area contributed by atoms with Gasteiger partial charge in [-0.2, -0.15) is 5.21 Å². The Morgan fingerprint density at radius 3 is 2.94 bits per heavy atom. The molecule has 80 valence electrons. The smallest absolute Gasteiger partial charge is 0.222 e. The molecule has 3 rings (SSSR count). The lowest BCUT2D eigenvalue weighted by atomic mass is 10.2. The summed E-state index contributed by atoms with van der Waals surface area (Å²) in [7, 11) is 2.00. The molecule has 0 atom stereocenters. The van der Waals surface area contributed by atoms with E-state index in [9.17, 15) is 0 Å². The fourth-order valence-corrected chi connectivity index (χ4v) is 1.84. The fraction of sp³-hybridized carbons (Fsp3) is 0.200. The highest BCUT2D eigenvalue weighted by Gasteiger charge is 2.09. The average Bonchev–Trinajstić information content (AvgIpc) is 2.88. The molecule has 0 bridgehead atoms. The molecule has 0 spiro atoms. The molecule has 0 aliphatic rings. The molecular formula is C10H10N6. The van der Waals surface area contributed by atoms with E-state index in [2.05, 4.69) is 36.4 Å². The van der Waals surface area contributed by atoms with Crippen molar-refractivity contribution in [2.45, 2.75) is 6.92 Å². The van der Waals surface area contributed by atoms with E-state index in [0.717, 1.165) is 22.3 Å². The number of rotatable bonds is 1. The van der Waals surface area contributed by atoms with Crippen LogP contribution in [-0.4, -0.2) is 30.2 Å². The van der Waals surface area contributed by atoms with E-state index in [1.165, 1.54) is 0 Å². The quantitative estimate of drug-likeness (QED) is 0.657. The van der Waals surface area contributed by atoms with Crippen molar-refractivity contribution >= 4 is 11.0 Å². The summed E-state index contributed by atoms with van der Waals surface area (Å²) in [4.78, 5) is 4.53. The zero-order chi connectivity index (χ0) is 11.1. The van der Waals surface area contributed by atoms with Crippen LogP contribution in [-0.2, 0) is 7.05 Å². The predicted molar refractivity (Wildman–Crippen MR) is 58.6 cm³/mol. The van der Waals surface area contributed by atoms with Crippen molar-refractivity contribution in [1.82, 2.24) is 30.2 Å². The van der Waals surface area contributed by atoms with Crippen LogP contribution in [0.15, 0.2) is 18.3 Å². The first-order valence-electron chi connectivity index (χ1n) is 4.92. The number of aromatic nitrogens is 6. The van der Waals surface area contributed by atoms with Gasteiger partial charge in [0.1, 0.15) is 5.69 Å². The third-order valence-electron chi connectivity index (χ3n) is 2.59. The number of nitrogens with zero attached hydrogens (tertiary/aromatic N) is 5. The summed E-state index contributed by atoms with van der Waals surface area (Å²) in [6.07, 6.45) is 2.05. The molecule has 6 heteroatoms. The minimum absolute atomic E-state index is 0.519. The minimum Gasteiger partial charge on any atom is -0.349 e. The maximum absolute atomic E-state index is 4.53. The first-order chi connectivity index (χ1) is 7.75. The van der Waals surface area contributed by atoms with Crippen LogP contribution in [0.2, 0.25) is 0 Å². The fourth-order valence-electron chi connectivity index (χ4n) is 1.84. The van der Waals surface area contributed by atoms with Gasteiger partial charge in [-0.3, -0.25) is 0 Å². The van der Waals surface area contributed by atoms with Crippen molar-refractivity contribution in [3.8, 4) is 11.5 Å². The highest BCUT2D eigenvalue weighted by Crippen LogP contribution is 2.21. The van der Waals surface area contributed by atoms with Gasteiger partial charge in [-0.25, -0.2) is 4.98 Å². The molecule has 0 aromatic carbocycles. The normalized spacial score (nSPS) is 11.1. The molecule has 3 heterocycles. The Bertz CT molecular complexity index is 637. The molecule has 0 saturated heterocycles. The van der Waals surface area contributed by atoms with E-state index in [-0.39, 0.29) is 0 Å². The molecule has 0 saturated carbocycles. The van der Waals surface area contributed by atoms with Crippen LogP contribution in [0.5, 0.6) is 0 Å². The highest BCUT2D eigenvalue weighted by atomic mass is 15.5. The van der Waals surface area contributed by atoms with Crippen LogP contribution >= 0.6 is 0 Å². The predicted octanol–water partition coefficient (Wildman–Crippen LogP) is 1.06. The molecular weight excluding hydrogens is 204 g/mol. The van der Waals surface area contributed by atoms with Gasteiger partial charge in [0.15, 0.2) is 0 Å². The molecule has 0 aliphatic heterocycles. The van der Waals surface area contributed by atoms with Crippen LogP contribution < -0.4 is 0 Å². The van der Waals surface area contributed by atoms with E-state index in [4.69, 9.17) is 0 Å². The lowest BCUT2D eigenvalue weighted by Gasteiger charge is -1.97. The Labute approximate surface area is 91.3 Å². The van der Waals surface area contributed by atoms with Gasteiger partial charge in [0.25, 0.3) is 0 Å². The van der Waals surface area contributed by atoms with Crippen molar-refractivity contribution in [2.75, 3.05) is 0 Å². The molecule has 3 aromatic rings. The van der Waals surface area contributed by atoms with Crippen LogP contribution in [0.25, 0.3) is 22.6 Å². The summed E-state index contributed by atoms with van der Waals surface area (Å²) >= 11 is 0. The lowest BCUT2D eigenvalue weighted by Crippen LogP contribution is -1.89. The zero-order valence-electron chi connectivity index (χ0n) is 8.97. The van der Waals surface area contributed by atoms with Crippen molar-refractivity contribution in [3.63, 3.8) is 0 Å². The largest absolute Gasteiger partial charge is 0.349 e. The molecule has 0 radical (unpaired) electrons. The highest BCUT2D eigenvalue weighted by molar-refractivity contribution is 5.81. The summed E-state index contributed by atoms with van der Waals surface area (Å²) < 4.78 is 2.05. The Morgan fingerprint density at radius 1 is 1.31 bits per heavy atom. The monoisotopic (exact) mass is 214 g/mol. The maximum Gasteiger partial charge on any atom is 0.222 e. The van der Waals surface area contributed by atoms with Gasteiger partial charge in [-0.15, -0.1) is 10.2 Å². The number of nitrogens with one attached hydrogen (secondary N) is 1. The Hall–Kier alpha value is -2.24. The number of aryl methyl sites for hydroxylation is 2. The number of aromatic amines is 1. The first kappa shape index (κ1) is 9.02. The van der Waals surface area contributed by atoms with Crippen molar-refractivity contribution < 1.29 is 0 Å². The van der Waals surface area contributed by atoms with Gasteiger partial charge in [0.2, 0.25) is 5.82 Å². The van der Waals surface area contributed by atoms with Crippen molar-refractivity contribution in [1.29, 1.82) is 0 Å². The summed E-state index contributed by atoms with van der Waals surface area (Å²) in [5.74, 6) is 0.519. The molecule has 0 fully saturated rings. The van der Waals surface area contributed by atoms with Gasteiger partial charge >= 0.3 is 0 Å². The van der Waals surface area contributed by atoms with E-state index >= 15 is 0 Å². The van der Waals surface area contributed by atoms with Gasteiger partial charge in [-0.05, 0) is 29.8 Å². The number of fused-ring (bicyclic) bond motifs is 1. The second-order valence-corrected chi connectivity index (χ2v) is 3.72. The second kappa shape index (κ2) is 3.13. The van der Waals surface area contributed by atoms with Crippen LogP contribution in [0, 0.1) is 6.92 Å². The molecule has 6 nitrogen and oxygen atoms in total. The van der Waals surface area contributed by atoms with Crippen LogP contribution in [0.4, 0.5) is 0 Å². The Balaban J connectivity index is 2.27. The second-order valence-electron chi connectivity index (χ2n) is 3.72. The lowest BCUT2D eigenvalue weighted by molar-refractivity contribution is 0.881. The summed E-state index contributed by atoms with van der Waals surface area (Å²) in [5.41, 5.74) is 3.95. The molecule has 3 aromatic heterocycles. The number of hydrogen-bond acceptors (Lipinski definition) is 4. The standard InChI is InChI=1S/C10H10N6/c1-6-5-16(2)8-4-3-7(11-9(6)8)10-12-14-15-13-10/h3-5H,1-2H3,(H,12,13,14,15). The summed E-state index contributed by atoms with van der Waals surface area (Å²) in [6, 6.07) is 3.91. The van der Waals surface area contributed by atoms with Gasteiger partial charge in [-0.1, -0.05) is 0 Å². The Morgan fingerprint density at radius 2 is 2.19 bits per heavy atom. The molecule has 0 amide bonds. The molecule has 0 aliphatic carbocycles. The molecule has 1 N–H and O–H groups in total. The molecule has 16 heavy (non-hydrogen) atoms. The number of tetrazole rings is 1. The number of hydrogen-bond donors (Lipinski definition) is 1. The van der Waals surface area contributed by atoms with Gasteiger partial charge < -0.3 is 4.57 Å². The third kappa shape index (κ3) is 1.19. The first-order valence-corrected chi connectivity index (χ1v) is 4.92. The van der Waals surface area contributed by atoms with Gasteiger partial charge in [0, 0.05) is 13.2 Å². The van der Waals surface area contributed by atoms with E-state index in [1.807, 2.05) is 26.1 Å². The SMILES string of the molecule is Cc1cn(C)c2ccc(-c3nn[nH]n3)nc12.